The van der Waals surface area contributed by atoms with Crippen molar-refractivity contribution >= 4 is 5.91 Å². The van der Waals surface area contributed by atoms with Crippen LogP contribution in [0.15, 0.2) is 59.1 Å². The average Bonchev–Trinajstić information content (AvgIpc) is 3.49. The Hall–Kier alpha value is -3.28. The molecule has 0 aliphatic heterocycles. The minimum atomic E-state index is 0.0229. The highest BCUT2D eigenvalue weighted by Gasteiger charge is 2.33. The number of hydrogen-bond donors (Lipinski definition) is 0. The summed E-state index contributed by atoms with van der Waals surface area (Å²) in [6, 6.07) is 17.0. The smallest absolute Gasteiger partial charge is 0.254 e. The minimum Gasteiger partial charge on any atom is -0.497 e. The highest BCUT2D eigenvalue weighted by molar-refractivity contribution is 5.94. The van der Waals surface area contributed by atoms with E-state index in [1.165, 1.54) is 0 Å². The molecule has 0 saturated heterocycles. The largest absolute Gasteiger partial charge is 0.497 e. The van der Waals surface area contributed by atoms with Crippen LogP contribution in [-0.2, 0) is 6.54 Å². The predicted octanol–water partition coefficient (Wildman–Crippen LogP) is 4.16. The summed E-state index contributed by atoms with van der Waals surface area (Å²) in [6.07, 6.45) is 2.05. The molecule has 0 N–H and O–H groups in total. The molecule has 0 bridgehead atoms. The maximum absolute atomic E-state index is 12.9. The Balaban J connectivity index is 1.56. The summed E-state index contributed by atoms with van der Waals surface area (Å²) in [5.41, 5.74) is 2.19. The zero-order valence-electron chi connectivity index (χ0n) is 15.9. The fourth-order valence-corrected chi connectivity index (χ4v) is 3.19. The van der Waals surface area contributed by atoms with Crippen LogP contribution in [0.5, 0.6) is 11.5 Å². The molecule has 1 heterocycles. The number of aromatic nitrogens is 1. The van der Waals surface area contributed by atoms with Crippen LogP contribution in [0.4, 0.5) is 0 Å². The fourth-order valence-electron chi connectivity index (χ4n) is 3.19. The lowest BCUT2D eigenvalue weighted by Gasteiger charge is -2.21. The Bertz CT molecular complexity index is 964. The van der Waals surface area contributed by atoms with Crippen LogP contribution in [0.2, 0.25) is 0 Å². The Morgan fingerprint density at radius 1 is 1.11 bits per heavy atom. The maximum atomic E-state index is 12.9. The van der Waals surface area contributed by atoms with Gasteiger partial charge < -0.3 is 18.9 Å². The third-order valence-corrected chi connectivity index (χ3v) is 4.83. The molecule has 1 amide bonds. The van der Waals surface area contributed by atoms with Gasteiger partial charge in [0.25, 0.3) is 5.91 Å². The van der Waals surface area contributed by atoms with E-state index >= 15 is 0 Å². The van der Waals surface area contributed by atoms with Crippen molar-refractivity contribution in [3.05, 3.63) is 65.9 Å². The van der Waals surface area contributed by atoms with Crippen molar-refractivity contribution in [3.8, 4) is 22.8 Å². The molecule has 6 heteroatoms. The number of benzene rings is 2. The molecular weight excluding hydrogens is 356 g/mol. The lowest BCUT2D eigenvalue weighted by atomic mass is 10.1. The van der Waals surface area contributed by atoms with E-state index in [0.717, 1.165) is 18.4 Å². The number of carbonyl (C=O) groups is 1. The van der Waals surface area contributed by atoms with Crippen molar-refractivity contribution in [2.75, 3.05) is 14.2 Å². The van der Waals surface area contributed by atoms with Gasteiger partial charge in [-0.25, -0.2) is 0 Å². The summed E-state index contributed by atoms with van der Waals surface area (Å²) >= 11 is 0. The van der Waals surface area contributed by atoms with Gasteiger partial charge in [0.05, 0.1) is 26.3 Å². The van der Waals surface area contributed by atoms with E-state index in [4.69, 9.17) is 14.0 Å². The highest BCUT2D eigenvalue weighted by atomic mass is 16.5. The first-order valence-electron chi connectivity index (χ1n) is 9.23. The van der Waals surface area contributed by atoms with Gasteiger partial charge in [0.1, 0.15) is 17.2 Å². The van der Waals surface area contributed by atoms with E-state index in [-0.39, 0.29) is 11.9 Å². The molecule has 0 radical (unpaired) electrons. The molecule has 3 aromatic rings. The number of carbonyl (C=O) groups excluding carboxylic acids is 1. The van der Waals surface area contributed by atoms with E-state index < -0.39 is 0 Å². The Labute approximate surface area is 163 Å². The number of methoxy groups -OCH3 is 2. The van der Waals surface area contributed by atoms with Crippen molar-refractivity contribution in [2.24, 2.45) is 0 Å². The lowest BCUT2D eigenvalue weighted by molar-refractivity contribution is 0.0726. The summed E-state index contributed by atoms with van der Waals surface area (Å²) in [6.45, 7) is 0.417. The van der Waals surface area contributed by atoms with Crippen LogP contribution in [0.25, 0.3) is 11.3 Å². The summed E-state index contributed by atoms with van der Waals surface area (Å²) in [5.74, 6) is 1.96. The predicted molar refractivity (Wildman–Crippen MR) is 104 cm³/mol. The van der Waals surface area contributed by atoms with Gasteiger partial charge >= 0.3 is 0 Å². The molecule has 1 saturated carbocycles. The van der Waals surface area contributed by atoms with E-state index in [1.54, 1.807) is 20.3 Å². The summed E-state index contributed by atoms with van der Waals surface area (Å²) in [4.78, 5) is 14.8. The second kappa shape index (κ2) is 7.76. The van der Waals surface area contributed by atoms with Crippen LogP contribution >= 0.6 is 0 Å². The third kappa shape index (κ3) is 3.71. The van der Waals surface area contributed by atoms with Gasteiger partial charge in [0.15, 0.2) is 5.76 Å². The first-order chi connectivity index (χ1) is 13.7. The van der Waals surface area contributed by atoms with E-state index in [0.29, 0.717) is 35.1 Å². The minimum absolute atomic E-state index is 0.0229. The van der Waals surface area contributed by atoms with Crippen LogP contribution < -0.4 is 9.47 Å². The van der Waals surface area contributed by atoms with E-state index in [2.05, 4.69) is 5.16 Å². The van der Waals surface area contributed by atoms with Crippen LogP contribution in [0.3, 0.4) is 0 Å². The number of ether oxygens (including phenoxy) is 2. The Morgan fingerprint density at radius 2 is 1.89 bits per heavy atom. The Kier molecular flexibility index (Phi) is 5.02. The number of nitrogens with zero attached hydrogens (tertiary/aromatic N) is 2. The second-order valence-corrected chi connectivity index (χ2v) is 6.78. The van der Waals surface area contributed by atoms with Gasteiger partial charge in [-0.05, 0) is 37.1 Å². The monoisotopic (exact) mass is 378 g/mol. The van der Waals surface area contributed by atoms with Crippen LogP contribution in [0.1, 0.15) is 28.9 Å². The van der Waals surface area contributed by atoms with Crippen molar-refractivity contribution in [2.45, 2.75) is 25.4 Å². The molecule has 4 rings (SSSR count). The van der Waals surface area contributed by atoms with Gasteiger partial charge in [-0.2, -0.15) is 0 Å². The normalized spacial score (nSPS) is 13.2. The Morgan fingerprint density at radius 3 is 2.57 bits per heavy atom. The molecular formula is C22H22N2O4. The third-order valence-electron chi connectivity index (χ3n) is 4.83. The van der Waals surface area contributed by atoms with Gasteiger partial charge in [-0.15, -0.1) is 0 Å². The molecule has 1 fully saturated rings. The number of hydrogen-bond acceptors (Lipinski definition) is 5. The summed E-state index contributed by atoms with van der Waals surface area (Å²) in [5, 5.41) is 4.18. The molecule has 1 aliphatic carbocycles. The molecule has 0 unspecified atom stereocenters. The van der Waals surface area contributed by atoms with Gasteiger partial charge in [0, 0.05) is 23.7 Å². The summed E-state index contributed by atoms with van der Waals surface area (Å²) < 4.78 is 16.2. The van der Waals surface area contributed by atoms with Crippen molar-refractivity contribution in [3.63, 3.8) is 0 Å². The number of amides is 1. The zero-order valence-corrected chi connectivity index (χ0v) is 15.9. The summed E-state index contributed by atoms with van der Waals surface area (Å²) in [7, 11) is 3.21. The molecule has 0 atom stereocenters. The molecule has 6 nitrogen and oxygen atoms in total. The quantitative estimate of drug-likeness (QED) is 0.618. The van der Waals surface area contributed by atoms with Crippen LogP contribution in [0, 0.1) is 0 Å². The number of rotatable bonds is 7. The van der Waals surface area contributed by atoms with E-state index in [1.807, 2.05) is 53.4 Å². The van der Waals surface area contributed by atoms with Gasteiger partial charge in [-0.3, -0.25) is 4.79 Å². The van der Waals surface area contributed by atoms with E-state index in [9.17, 15) is 4.79 Å². The zero-order chi connectivity index (χ0) is 19.5. The van der Waals surface area contributed by atoms with Crippen molar-refractivity contribution in [1.29, 1.82) is 0 Å². The van der Waals surface area contributed by atoms with Gasteiger partial charge in [0.2, 0.25) is 0 Å². The lowest BCUT2D eigenvalue weighted by Crippen LogP contribution is -2.32. The van der Waals surface area contributed by atoms with Crippen molar-refractivity contribution < 1.29 is 18.8 Å². The molecule has 1 aliphatic rings. The van der Waals surface area contributed by atoms with Crippen molar-refractivity contribution in [1.82, 2.24) is 10.1 Å². The second-order valence-electron chi connectivity index (χ2n) is 6.78. The first-order valence-corrected chi connectivity index (χ1v) is 9.23. The first kappa shape index (κ1) is 18.1. The molecule has 2 aromatic carbocycles. The molecule has 28 heavy (non-hydrogen) atoms. The molecule has 1 aromatic heterocycles. The SMILES string of the molecule is COc1ccc(-c2cc(CN(C(=O)c3ccccc3)C3CC3)no2)c(OC)c1. The van der Waals surface area contributed by atoms with Crippen LogP contribution in [-0.4, -0.2) is 36.2 Å². The average molecular weight is 378 g/mol. The maximum Gasteiger partial charge on any atom is 0.254 e. The topological polar surface area (TPSA) is 64.8 Å². The van der Waals surface area contributed by atoms with Gasteiger partial charge in [-0.1, -0.05) is 23.4 Å². The molecule has 144 valence electrons. The standard InChI is InChI=1S/C22H22N2O4/c1-26-18-10-11-19(20(13-18)27-2)21-12-16(23-28-21)14-24(17-8-9-17)22(25)15-6-4-3-5-7-15/h3-7,10-13,17H,8-9,14H2,1-2H3. The fraction of sp³-hybridized carbons (Fsp3) is 0.273. The highest BCUT2D eigenvalue weighted by Crippen LogP contribution is 2.35. The molecule has 0 spiro atoms.